The van der Waals surface area contributed by atoms with Gasteiger partial charge < -0.3 is 10.6 Å². The van der Waals surface area contributed by atoms with Gasteiger partial charge in [0.15, 0.2) is 0 Å². The lowest BCUT2D eigenvalue weighted by atomic mass is 10.3. The summed E-state index contributed by atoms with van der Waals surface area (Å²) in [6.07, 6.45) is 1.56. The van der Waals surface area contributed by atoms with Crippen LogP contribution in [0.1, 0.15) is 6.42 Å². The Morgan fingerprint density at radius 3 is 2.45 bits per heavy atom. The molecule has 3 amide bonds. The third-order valence-corrected chi connectivity index (χ3v) is 4.60. The minimum Gasteiger partial charge on any atom is -0.355 e. The van der Waals surface area contributed by atoms with Crippen molar-refractivity contribution in [3.05, 3.63) is 12.7 Å². The van der Waals surface area contributed by atoms with Gasteiger partial charge in [-0.1, -0.05) is 28.2 Å². The summed E-state index contributed by atoms with van der Waals surface area (Å²) in [4.78, 5) is 34.2. The largest absolute Gasteiger partial charge is 0.355 e. The van der Waals surface area contributed by atoms with Gasteiger partial charge in [0.25, 0.3) is 5.91 Å². The van der Waals surface area contributed by atoms with Crippen LogP contribution in [-0.4, -0.2) is 61.3 Å². The molecule has 0 aromatic heterocycles. The van der Waals surface area contributed by atoms with E-state index in [1.807, 2.05) is 7.05 Å². The minimum atomic E-state index is -0.496. The number of carbonyl (C=O) groups is 3. The highest BCUT2D eigenvalue weighted by atomic mass is 33.1. The molecule has 6 nitrogen and oxygen atoms in total. The summed E-state index contributed by atoms with van der Waals surface area (Å²) < 4.78 is 0. The molecule has 0 aromatic carbocycles. The first-order valence-electron chi connectivity index (χ1n) is 6.19. The first-order valence-corrected chi connectivity index (χ1v) is 8.68. The molecule has 0 heterocycles. The standard InChI is InChI=1S/C12H21N3O3S2/c1-3-12(18)15(10-16)7-4-11(17)14-6-9-20-19-8-5-13-2/h3,10,13H,1,4-9H2,2H3,(H,14,17). The lowest BCUT2D eigenvalue weighted by Gasteiger charge is -2.12. The maximum Gasteiger partial charge on any atom is 0.252 e. The number of nitrogens with zero attached hydrogens (tertiary/aromatic N) is 1. The quantitative estimate of drug-likeness (QED) is 0.233. The molecule has 20 heavy (non-hydrogen) atoms. The van der Waals surface area contributed by atoms with Crippen LogP contribution in [0.4, 0.5) is 0 Å². The molecule has 0 rings (SSSR count). The van der Waals surface area contributed by atoms with Crippen molar-refractivity contribution in [2.24, 2.45) is 0 Å². The van der Waals surface area contributed by atoms with Crippen molar-refractivity contribution < 1.29 is 14.4 Å². The molecule has 0 aromatic rings. The fourth-order valence-electron chi connectivity index (χ4n) is 1.14. The second-order valence-corrected chi connectivity index (χ2v) is 6.39. The molecule has 0 saturated carbocycles. The van der Waals surface area contributed by atoms with Gasteiger partial charge in [-0.05, 0) is 13.1 Å². The third-order valence-electron chi connectivity index (χ3n) is 2.19. The Morgan fingerprint density at radius 1 is 1.25 bits per heavy atom. The Kier molecular flexibility index (Phi) is 12.4. The predicted molar refractivity (Wildman–Crippen MR) is 84.4 cm³/mol. The molecule has 0 fully saturated rings. The van der Waals surface area contributed by atoms with Gasteiger partial charge in [0.05, 0.1) is 0 Å². The highest BCUT2D eigenvalue weighted by molar-refractivity contribution is 8.76. The zero-order valence-corrected chi connectivity index (χ0v) is 13.2. The van der Waals surface area contributed by atoms with Gasteiger partial charge in [-0.25, -0.2) is 0 Å². The molecular formula is C12H21N3O3S2. The van der Waals surface area contributed by atoms with Gasteiger partial charge in [-0.2, -0.15) is 0 Å². The number of carbonyl (C=O) groups excluding carboxylic acids is 3. The van der Waals surface area contributed by atoms with E-state index < -0.39 is 5.91 Å². The average molecular weight is 319 g/mol. The molecule has 0 spiro atoms. The Labute approximate surface area is 127 Å². The lowest BCUT2D eigenvalue weighted by Crippen LogP contribution is -2.33. The summed E-state index contributed by atoms with van der Waals surface area (Å²) in [5.74, 6) is 1.18. The number of nitrogens with one attached hydrogen (secondary N) is 2. The lowest BCUT2D eigenvalue weighted by molar-refractivity contribution is -0.134. The Balaban J connectivity index is 3.60. The topological polar surface area (TPSA) is 78.5 Å². The summed E-state index contributed by atoms with van der Waals surface area (Å²) >= 11 is 0. The molecule has 0 atom stereocenters. The molecule has 0 bridgehead atoms. The van der Waals surface area contributed by atoms with Gasteiger partial charge in [0.2, 0.25) is 12.3 Å². The van der Waals surface area contributed by atoms with Crippen molar-refractivity contribution in [3.63, 3.8) is 0 Å². The van der Waals surface area contributed by atoms with Crippen molar-refractivity contribution in [1.29, 1.82) is 0 Å². The van der Waals surface area contributed by atoms with Crippen molar-refractivity contribution in [2.45, 2.75) is 6.42 Å². The maximum absolute atomic E-state index is 11.5. The summed E-state index contributed by atoms with van der Waals surface area (Å²) in [6.45, 7) is 4.90. The van der Waals surface area contributed by atoms with E-state index in [1.165, 1.54) is 0 Å². The van der Waals surface area contributed by atoms with E-state index in [-0.39, 0.29) is 18.9 Å². The fraction of sp³-hybridized carbons (Fsp3) is 0.583. The van der Waals surface area contributed by atoms with E-state index in [0.717, 1.165) is 29.0 Å². The van der Waals surface area contributed by atoms with E-state index in [0.29, 0.717) is 13.0 Å². The number of amides is 3. The SMILES string of the molecule is C=CC(=O)N(C=O)CCC(=O)NCCSSCCNC. The van der Waals surface area contributed by atoms with Gasteiger partial charge in [-0.15, -0.1) is 0 Å². The Bertz CT molecular complexity index is 327. The Hall–Kier alpha value is -0.990. The van der Waals surface area contributed by atoms with Crippen LogP contribution in [0.25, 0.3) is 0 Å². The summed E-state index contributed by atoms with van der Waals surface area (Å²) in [5, 5.41) is 5.79. The van der Waals surface area contributed by atoms with Crippen molar-refractivity contribution in [3.8, 4) is 0 Å². The van der Waals surface area contributed by atoms with Crippen LogP contribution in [0.3, 0.4) is 0 Å². The van der Waals surface area contributed by atoms with Crippen LogP contribution in [0, 0.1) is 0 Å². The molecule has 0 aliphatic heterocycles. The number of hydrogen-bond acceptors (Lipinski definition) is 6. The van der Waals surface area contributed by atoms with Crippen LogP contribution < -0.4 is 10.6 Å². The number of imide groups is 1. The molecule has 8 heteroatoms. The predicted octanol–water partition coefficient (Wildman–Crippen LogP) is 0.265. The van der Waals surface area contributed by atoms with Gasteiger partial charge >= 0.3 is 0 Å². The summed E-state index contributed by atoms with van der Waals surface area (Å²) in [5.41, 5.74) is 0. The molecule has 0 saturated heterocycles. The maximum atomic E-state index is 11.5. The Morgan fingerprint density at radius 2 is 1.90 bits per heavy atom. The van der Waals surface area contributed by atoms with E-state index in [1.54, 1.807) is 21.6 Å². The van der Waals surface area contributed by atoms with Crippen molar-refractivity contribution >= 4 is 39.8 Å². The molecule has 0 radical (unpaired) electrons. The molecule has 0 aliphatic carbocycles. The van der Waals surface area contributed by atoms with Crippen LogP contribution in [-0.2, 0) is 14.4 Å². The van der Waals surface area contributed by atoms with Crippen molar-refractivity contribution in [1.82, 2.24) is 15.5 Å². The van der Waals surface area contributed by atoms with E-state index in [9.17, 15) is 14.4 Å². The fourth-order valence-corrected chi connectivity index (χ4v) is 3.05. The van der Waals surface area contributed by atoms with Crippen LogP contribution in [0.2, 0.25) is 0 Å². The van der Waals surface area contributed by atoms with Crippen molar-refractivity contribution in [2.75, 3.05) is 38.2 Å². The first kappa shape index (κ1) is 19.0. The molecular weight excluding hydrogens is 298 g/mol. The van der Waals surface area contributed by atoms with Gasteiger partial charge in [-0.3, -0.25) is 19.3 Å². The highest BCUT2D eigenvalue weighted by Crippen LogP contribution is 2.19. The smallest absolute Gasteiger partial charge is 0.252 e. The monoisotopic (exact) mass is 319 g/mol. The highest BCUT2D eigenvalue weighted by Gasteiger charge is 2.10. The van der Waals surface area contributed by atoms with E-state index in [2.05, 4.69) is 17.2 Å². The third kappa shape index (κ3) is 9.88. The molecule has 114 valence electrons. The minimum absolute atomic E-state index is 0.0737. The average Bonchev–Trinajstić information content (AvgIpc) is 2.46. The van der Waals surface area contributed by atoms with Gasteiger partial charge in [0, 0.05) is 37.6 Å². The first-order chi connectivity index (χ1) is 9.65. The van der Waals surface area contributed by atoms with Crippen LogP contribution in [0.15, 0.2) is 12.7 Å². The van der Waals surface area contributed by atoms with E-state index in [4.69, 9.17) is 0 Å². The summed E-state index contributed by atoms with van der Waals surface area (Å²) in [6, 6.07) is 0. The molecule has 0 aliphatic rings. The number of rotatable bonds is 12. The van der Waals surface area contributed by atoms with Gasteiger partial charge in [0.1, 0.15) is 0 Å². The molecule has 0 unspecified atom stereocenters. The normalized spacial score (nSPS) is 9.85. The second kappa shape index (κ2) is 13.0. The van der Waals surface area contributed by atoms with Crippen LogP contribution in [0.5, 0.6) is 0 Å². The zero-order chi connectivity index (χ0) is 15.2. The van der Waals surface area contributed by atoms with E-state index >= 15 is 0 Å². The number of hydrogen-bond donors (Lipinski definition) is 2. The van der Waals surface area contributed by atoms with Crippen LogP contribution >= 0.6 is 21.6 Å². The molecule has 2 N–H and O–H groups in total. The second-order valence-electron chi connectivity index (χ2n) is 3.69. The summed E-state index contributed by atoms with van der Waals surface area (Å²) in [7, 11) is 5.36. The zero-order valence-electron chi connectivity index (χ0n) is 11.6.